The van der Waals surface area contributed by atoms with Gasteiger partial charge in [-0.1, -0.05) is 60.1 Å². The van der Waals surface area contributed by atoms with Gasteiger partial charge in [-0.3, -0.25) is 4.90 Å². The van der Waals surface area contributed by atoms with Crippen LogP contribution in [0.2, 0.25) is 0 Å². The second-order valence-electron chi connectivity index (χ2n) is 9.45. The Kier molecular flexibility index (Phi) is 7.52. The van der Waals surface area contributed by atoms with Crippen LogP contribution < -0.4 is 0 Å². The highest BCUT2D eigenvalue weighted by Crippen LogP contribution is 2.45. The van der Waals surface area contributed by atoms with Crippen molar-refractivity contribution >= 4 is 0 Å². The maximum absolute atomic E-state index is 10.5. The molecule has 0 spiro atoms. The molecule has 0 saturated carbocycles. The van der Waals surface area contributed by atoms with E-state index in [9.17, 15) is 5.11 Å². The molecule has 0 saturated heterocycles. The average molecular weight is 350 g/mol. The molecule has 144 valence electrons. The van der Waals surface area contributed by atoms with Crippen LogP contribution in [0.3, 0.4) is 0 Å². The molecular formula is C22H39NO2. The van der Waals surface area contributed by atoms with Crippen LogP contribution in [0.4, 0.5) is 0 Å². The summed E-state index contributed by atoms with van der Waals surface area (Å²) in [6.45, 7) is 17.2. The quantitative estimate of drug-likeness (QED) is 0.688. The summed E-state index contributed by atoms with van der Waals surface area (Å²) in [4.78, 5) is 2.04. The van der Waals surface area contributed by atoms with E-state index in [1.807, 2.05) is 18.9 Å². The number of benzene rings is 1. The summed E-state index contributed by atoms with van der Waals surface area (Å²) in [6, 6.07) is 4.34. The first-order valence-corrected chi connectivity index (χ1v) is 9.53. The Balaban J connectivity index is 3.29. The number of hydrogen-bond acceptors (Lipinski definition) is 3. The van der Waals surface area contributed by atoms with Gasteiger partial charge in [0.05, 0.1) is 6.61 Å². The minimum atomic E-state index is 0.130. The minimum Gasteiger partial charge on any atom is -0.507 e. The van der Waals surface area contributed by atoms with Gasteiger partial charge in [0.2, 0.25) is 0 Å². The SMILES string of the molecule is CCC(C)(C)CC(c1cc(C)c(O)c(CN(C)CCO)c1)C(C)(C)C. The fourth-order valence-electron chi connectivity index (χ4n) is 3.37. The molecule has 3 nitrogen and oxygen atoms in total. The van der Waals surface area contributed by atoms with Crippen molar-refractivity contribution in [2.45, 2.75) is 73.8 Å². The number of nitrogens with zero attached hydrogens (tertiary/aromatic N) is 1. The molecule has 0 aromatic heterocycles. The van der Waals surface area contributed by atoms with Crippen LogP contribution in [-0.4, -0.2) is 35.3 Å². The van der Waals surface area contributed by atoms with E-state index in [0.29, 0.717) is 24.8 Å². The number of aliphatic hydroxyl groups is 1. The summed E-state index contributed by atoms with van der Waals surface area (Å²) in [7, 11) is 1.97. The normalized spacial score (nSPS) is 14.2. The van der Waals surface area contributed by atoms with Gasteiger partial charge in [0.25, 0.3) is 0 Å². The molecule has 1 atom stereocenters. The van der Waals surface area contributed by atoms with Gasteiger partial charge in [-0.25, -0.2) is 0 Å². The summed E-state index contributed by atoms with van der Waals surface area (Å²) in [5.74, 6) is 0.819. The maximum atomic E-state index is 10.5. The first-order chi connectivity index (χ1) is 11.4. The zero-order valence-electron chi connectivity index (χ0n) is 17.6. The Morgan fingerprint density at radius 3 is 2.20 bits per heavy atom. The first-order valence-electron chi connectivity index (χ1n) is 9.53. The van der Waals surface area contributed by atoms with Crippen molar-refractivity contribution in [2.24, 2.45) is 10.8 Å². The van der Waals surface area contributed by atoms with E-state index in [0.717, 1.165) is 24.0 Å². The number of aliphatic hydroxyl groups excluding tert-OH is 1. The van der Waals surface area contributed by atoms with Crippen molar-refractivity contribution in [2.75, 3.05) is 20.2 Å². The smallest absolute Gasteiger partial charge is 0.122 e. The highest BCUT2D eigenvalue weighted by atomic mass is 16.3. The monoisotopic (exact) mass is 349 g/mol. The van der Waals surface area contributed by atoms with E-state index in [1.165, 1.54) is 5.56 Å². The second-order valence-corrected chi connectivity index (χ2v) is 9.45. The number of aromatic hydroxyl groups is 1. The van der Waals surface area contributed by atoms with Crippen molar-refractivity contribution in [1.29, 1.82) is 0 Å². The van der Waals surface area contributed by atoms with Crippen LogP contribution in [0, 0.1) is 17.8 Å². The summed E-state index contributed by atoms with van der Waals surface area (Å²) >= 11 is 0. The molecule has 0 aliphatic heterocycles. The Morgan fingerprint density at radius 2 is 1.72 bits per heavy atom. The molecule has 0 radical (unpaired) electrons. The van der Waals surface area contributed by atoms with E-state index < -0.39 is 0 Å². The van der Waals surface area contributed by atoms with Crippen molar-refractivity contribution in [1.82, 2.24) is 4.90 Å². The van der Waals surface area contributed by atoms with Gasteiger partial charge in [-0.15, -0.1) is 0 Å². The topological polar surface area (TPSA) is 43.7 Å². The molecule has 1 rings (SSSR count). The number of rotatable bonds is 8. The predicted octanol–water partition coefficient (Wildman–Crippen LogP) is 5.08. The largest absolute Gasteiger partial charge is 0.507 e. The molecular weight excluding hydrogens is 310 g/mol. The third kappa shape index (κ3) is 6.31. The van der Waals surface area contributed by atoms with E-state index in [4.69, 9.17) is 5.11 Å². The summed E-state index contributed by atoms with van der Waals surface area (Å²) < 4.78 is 0. The molecule has 0 heterocycles. The lowest BCUT2D eigenvalue weighted by Crippen LogP contribution is -2.26. The Hall–Kier alpha value is -1.06. The van der Waals surface area contributed by atoms with Gasteiger partial charge in [0.1, 0.15) is 5.75 Å². The Labute approximate surface area is 155 Å². The lowest BCUT2D eigenvalue weighted by Gasteiger charge is -2.38. The van der Waals surface area contributed by atoms with Crippen LogP contribution in [-0.2, 0) is 6.54 Å². The fourth-order valence-corrected chi connectivity index (χ4v) is 3.37. The standard InChI is InChI=1S/C22H39NO2/c1-9-22(6,7)14-19(21(3,4)5)17-12-16(2)20(25)18(13-17)15-23(8)10-11-24/h12-13,19,24-25H,9-11,14-15H2,1-8H3. The number of hydrogen-bond donors (Lipinski definition) is 2. The van der Waals surface area contributed by atoms with Gasteiger partial charge in [0.15, 0.2) is 0 Å². The van der Waals surface area contributed by atoms with Crippen molar-refractivity contribution in [3.05, 3.63) is 28.8 Å². The van der Waals surface area contributed by atoms with Crippen LogP contribution in [0.1, 0.15) is 77.0 Å². The van der Waals surface area contributed by atoms with Crippen molar-refractivity contribution in [3.63, 3.8) is 0 Å². The van der Waals surface area contributed by atoms with E-state index in [1.54, 1.807) is 0 Å². The first kappa shape index (κ1) is 22.0. The van der Waals surface area contributed by atoms with Gasteiger partial charge < -0.3 is 10.2 Å². The highest BCUT2D eigenvalue weighted by molar-refractivity contribution is 5.44. The number of likely N-dealkylation sites (N-methyl/N-ethyl adjacent to an activating group) is 1. The maximum Gasteiger partial charge on any atom is 0.122 e. The molecule has 2 N–H and O–H groups in total. The van der Waals surface area contributed by atoms with Crippen LogP contribution in [0.5, 0.6) is 5.75 Å². The lowest BCUT2D eigenvalue weighted by molar-refractivity contribution is 0.207. The molecule has 1 aromatic carbocycles. The molecule has 25 heavy (non-hydrogen) atoms. The molecule has 1 aromatic rings. The van der Waals surface area contributed by atoms with Gasteiger partial charge in [-0.05, 0) is 48.3 Å². The molecule has 0 aliphatic rings. The predicted molar refractivity (Wildman–Crippen MR) is 107 cm³/mol. The molecule has 0 aliphatic carbocycles. The lowest BCUT2D eigenvalue weighted by atomic mass is 9.67. The van der Waals surface area contributed by atoms with Gasteiger partial charge in [-0.2, -0.15) is 0 Å². The minimum absolute atomic E-state index is 0.130. The van der Waals surface area contributed by atoms with E-state index in [2.05, 4.69) is 53.7 Å². The third-order valence-electron chi connectivity index (χ3n) is 5.49. The van der Waals surface area contributed by atoms with Crippen LogP contribution >= 0.6 is 0 Å². The highest BCUT2D eigenvalue weighted by Gasteiger charge is 2.32. The fraction of sp³-hybridized carbons (Fsp3) is 0.727. The number of phenolic OH excluding ortho intramolecular Hbond substituents is 1. The second kappa shape index (κ2) is 8.55. The Bertz CT molecular complexity index is 558. The zero-order valence-corrected chi connectivity index (χ0v) is 17.6. The van der Waals surface area contributed by atoms with E-state index in [-0.39, 0.29) is 17.4 Å². The molecule has 1 unspecified atom stereocenters. The van der Waals surface area contributed by atoms with Gasteiger partial charge >= 0.3 is 0 Å². The Morgan fingerprint density at radius 1 is 1.12 bits per heavy atom. The van der Waals surface area contributed by atoms with Crippen LogP contribution in [0.25, 0.3) is 0 Å². The third-order valence-corrected chi connectivity index (χ3v) is 5.49. The van der Waals surface area contributed by atoms with Crippen molar-refractivity contribution in [3.8, 4) is 5.75 Å². The number of aryl methyl sites for hydroxylation is 1. The van der Waals surface area contributed by atoms with Gasteiger partial charge in [0, 0.05) is 18.7 Å². The molecule has 0 fully saturated rings. The summed E-state index contributed by atoms with van der Waals surface area (Å²) in [5.41, 5.74) is 3.65. The number of phenols is 1. The summed E-state index contributed by atoms with van der Waals surface area (Å²) in [5, 5.41) is 19.7. The van der Waals surface area contributed by atoms with Crippen molar-refractivity contribution < 1.29 is 10.2 Å². The molecule has 3 heteroatoms. The zero-order chi connectivity index (χ0) is 19.4. The molecule has 0 bridgehead atoms. The average Bonchev–Trinajstić information content (AvgIpc) is 2.48. The summed E-state index contributed by atoms with van der Waals surface area (Å²) in [6.07, 6.45) is 2.28. The van der Waals surface area contributed by atoms with E-state index >= 15 is 0 Å². The molecule has 0 amide bonds. The van der Waals surface area contributed by atoms with Crippen LogP contribution in [0.15, 0.2) is 12.1 Å².